The van der Waals surface area contributed by atoms with Gasteiger partial charge in [-0.05, 0) is 25.9 Å². The standard InChI is InChI=1S/C8H17NO/c1-3-9(4-2)8(7-10)5-6-8/h10H,3-7H2,1-2H3. The van der Waals surface area contributed by atoms with E-state index in [1.54, 1.807) is 0 Å². The van der Waals surface area contributed by atoms with Gasteiger partial charge in [0.1, 0.15) is 0 Å². The van der Waals surface area contributed by atoms with Gasteiger partial charge in [-0.1, -0.05) is 13.8 Å². The first-order valence-corrected chi connectivity index (χ1v) is 4.15. The number of aliphatic hydroxyl groups is 1. The van der Waals surface area contributed by atoms with Gasteiger partial charge < -0.3 is 5.11 Å². The second kappa shape index (κ2) is 2.89. The molecule has 0 atom stereocenters. The Bertz CT molecular complexity index is 106. The summed E-state index contributed by atoms with van der Waals surface area (Å²) in [7, 11) is 0. The van der Waals surface area contributed by atoms with Crippen molar-refractivity contribution in [2.45, 2.75) is 32.2 Å². The molecular weight excluding hydrogens is 126 g/mol. The predicted octanol–water partition coefficient (Wildman–Crippen LogP) is 0.853. The van der Waals surface area contributed by atoms with Crippen LogP contribution in [-0.2, 0) is 0 Å². The van der Waals surface area contributed by atoms with E-state index < -0.39 is 0 Å². The van der Waals surface area contributed by atoms with Gasteiger partial charge in [-0.2, -0.15) is 0 Å². The van der Waals surface area contributed by atoms with Crippen molar-refractivity contribution in [3.8, 4) is 0 Å². The van der Waals surface area contributed by atoms with E-state index in [0.717, 1.165) is 13.1 Å². The van der Waals surface area contributed by atoms with E-state index in [1.165, 1.54) is 12.8 Å². The smallest absolute Gasteiger partial charge is 0.0615 e. The molecule has 0 aromatic rings. The van der Waals surface area contributed by atoms with Crippen molar-refractivity contribution in [3.63, 3.8) is 0 Å². The summed E-state index contributed by atoms with van der Waals surface area (Å²) in [6.07, 6.45) is 2.37. The summed E-state index contributed by atoms with van der Waals surface area (Å²) in [5.41, 5.74) is 0.198. The molecule has 1 fully saturated rings. The summed E-state index contributed by atoms with van der Waals surface area (Å²) in [6.45, 7) is 6.78. The summed E-state index contributed by atoms with van der Waals surface area (Å²) < 4.78 is 0. The molecule has 2 heteroatoms. The van der Waals surface area contributed by atoms with Crippen LogP contribution in [0.5, 0.6) is 0 Å². The molecule has 0 aromatic carbocycles. The van der Waals surface area contributed by atoms with E-state index in [4.69, 9.17) is 5.11 Å². The monoisotopic (exact) mass is 143 g/mol. The van der Waals surface area contributed by atoms with E-state index in [1.807, 2.05) is 0 Å². The van der Waals surface area contributed by atoms with Crippen molar-refractivity contribution in [1.82, 2.24) is 4.90 Å². The van der Waals surface area contributed by atoms with Crippen LogP contribution >= 0.6 is 0 Å². The topological polar surface area (TPSA) is 23.5 Å². The highest BCUT2D eigenvalue weighted by Crippen LogP contribution is 2.40. The lowest BCUT2D eigenvalue weighted by atomic mass is 10.2. The first-order chi connectivity index (χ1) is 4.79. The summed E-state index contributed by atoms with van der Waals surface area (Å²) in [6, 6.07) is 0. The lowest BCUT2D eigenvalue weighted by molar-refractivity contribution is 0.115. The van der Waals surface area contributed by atoms with E-state index >= 15 is 0 Å². The van der Waals surface area contributed by atoms with Crippen molar-refractivity contribution in [3.05, 3.63) is 0 Å². The highest BCUT2D eigenvalue weighted by atomic mass is 16.3. The quantitative estimate of drug-likeness (QED) is 0.630. The average molecular weight is 143 g/mol. The molecule has 1 saturated carbocycles. The zero-order valence-electron chi connectivity index (χ0n) is 6.93. The Hall–Kier alpha value is -0.0800. The third kappa shape index (κ3) is 1.18. The van der Waals surface area contributed by atoms with Crippen molar-refractivity contribution in [1.29, 1.82) is 0 Å². The number of likely N-dealkylation sites (N-methyl/N-ethyl adjacent to an activating group) is 1. The molecule has 60 valence electrons. The summed E-state index contributed by atoms with van der Waals surface area (Å²) in [4.78, 5) is 2.35. The number of nitrogens with zero attached hydrogens (tertiary/aromatic N) is 1. The molecular formula is C8H17NO. The Morgan fingerprint density at radius 2 is 1.80 bits per heavy atom. The second-order valence-corrected chi connectivity index (χ2v) is 3.05. The lowest BCUT2D eigenvalue weighted by Gasteiger charge is -2.27. The first kappa shape index (κ1) is 8.02. The van der Waals surface area contributed by atoms with Crippen molar-refractivity contribution >= 4 is 0 Å². The van der Waals surface area contributed by atoms with Gasteiger partial charge in [-0.15, -0.1) is 0 Å². The number of hydrogen-bond acceptors (Lipinski definition) is 2. The van der Waals surface area contributed by atoms with E-state index in [2.05, 4.69) is 18.7 Å². The maximum absolute atomic E-state index is 9.05. The third-order valence-electron chi connectivity index (χ3n) is 2.56. The molecule has 0 unspecified atom stereocenters. The minimum absolute atomic E-state index is 0.198. The summed E-state index contributed by atoms with van der Waals surface area (Å²) >= 11 is 0. The van der Waals surface area contributed by atoms with Gasteiger partial charge in [0.25, 0.3) is 0 Å². The molecule has 0 heterocycles. The normalized spacial score (nSPS) is 21.6. The maximum Gasteiger partial charge on any atom is 0.0615 e. The van der Waals surface area contributed by atoms with E-state index in [-0.39, 0.29) is 5.54 Å². The molecule has 0 aromatic heterocycles. The Labute approximate surface area is 62.8 Å². The van der Waals surface area contributed by atoms with Crippen molar-refractivity contribution in [2.24, 2.45) is 0 Å². The minimum atomic E-state index is 0.198. The highest BCUT2D eigenvalue weighted by molar-refractivity contribution is 5.02. The molecule has 1 rings (SSSR count). The van der Waals surface area contributed by atoms with Crippen LogP contribution in [0.1, 0.15) is 26.7 Å². The number of hydrogen-bond donors (Lipinski definition) is 1. The van der Waals surface area contributed by atoms with Gasteiger partial charge in [-0.25, -0.2) is 0 Å². The Kier molecular flexibility index (Phi) is 2.32. The zero-order chi connectivity index (χ0) is 7.61. The van der Waals surface area contributed by atoms with Crippen LogP contribution in [0.3, 0.4) is 0 Å². The first-order valence-electron chi connectivity index (χ1n) is 4.15. The molecule has 2 nitrogen and oxygen atoms in total. The second-order valence-electron chi connectivity index (χ2n) is 3.05. The SMILES string of the molecule is CCN(CC)C1(CO)CC1. The van der Waals surface area contributed by atoms with Gasteiger partial charge in [0, 0.05) is 5.54 Å². The fourth-order valence-corrected chi connectivity index (χ4v) is 1.61. The Balaban J connectivity index is 2.43. The molecule has 0 bridgehead atoms. The highest BCUT2D eigenvalue weighted by Gasteiger charge is 2.45. The molecule has 0 radical (unpaired) electrons. The van der Waals surface area contributed by atoms with Crippen LogP contribution in [0.2, 0.25) is 0 Å². The zero-order valence-corrected chi connectivity index (χ0v) is 6.93. The van der Waals surface area contributed by atoms with Crippen LogP contribution < -0.4 is 0 Å². The van der Waals surface area contributed by atoms with Crippen LogP contribution in [-0.4, -0.2) is 35.2 Å². The van der Waals surface area contributed by atoms with E-state index in [9.17, 15) is 0 Å². The number of aliphatic hydroxyl groups excluding tert-OH is 1. The minimum Gasteiger partial charge on any atom is -0.394 e. The van der Waals surface area contributed by atoms with Crippen LogP contribution in [0.25, 0.3) is 0 Å². The van der Waals surface area contributed by atoms with Gasteiger partial charge in [-0.3, -0.25) is 4.90 Å². The van der Waals surface area contributed by atoms with Crippen molar-refractivity contribution in [2.75, 3.05) is 19.7 Å². The van der Waals surface area contributed by atoms with Gasteiger partial charge >= 0.3 is 0 Å². The fraction of sp³-hybridized carbons (Fsp3) is 1.00. The summed E-state index contributed by atoms with van der Waals surface area (Å²) in [5, 5.41) is 9.05. The molecule has 1 N–H and O–H groups in total. The molecule has 0 saturated heterocycles. The predicted molar refractivity (Wildman–Crippen MR) is 42.0 cm³/mol. The number of rotatable bonds is 4. The molecule has 10 heavy (non-hydrogen) atoms. The fourth-order valence-electron chi connectivity index (χ4n) is 1.61. The van der Waals surface area contributed by atoms with Crippen LogP contribution in [0.15, 0.2) is 0 Å². The largest absolute Gasteiger partial charge is 0.394 e. The lowest BCUT2D eigenvalue weighted by Crippen LogP contribution is -2.39. The molecule has 0 aliphatic heterocycles. The summed E-state index contributed by atoms with van der Waals surface area (Å²) in [5.74, 6) is 0. The van der Waals surface area contributed by atoms with Crippen LogP contribution in [0.4, 0.5) is 0 Å². The van der Waals surface area contributed by atoms with Gasteiger partial charge in [0.2, 0.25) is 0 Å². The Morgan fingerprint density at radius 1 is 1.30 bits per heavy atom. The van der Waals surface area contributed by atoms with E-state index in [0.29, 0.717) is 6.61 Å². The third-order valence-corrected chi connectivity index (χ3v) is 2.56. The molecule has 0 spiro atoms. The van der Waals surface area contributed by atoms with Gasteiger partial charge in [0.05, 0.1) is 6.61 Å². The molecule has 1 aliphatic rings. The van der Waals surface area contributed by atoms with Crippen molar-refractivity contribution < 1.29 is 5.11 Å². The molecule has 1 aliphatic carbocycles. The maximum atomic E-state index is 9.05. The average Bonchev–Trinajstić information content (AvgIpc) is 2.72. The van der Waals surface area contributed by atoms with Gasteiger partial charge in [0.15, 0.2) is 0 Å². The Morgan fingerprint density at radius 3 is 1.90 bits per heavy atom. The molecule has 0 amide bonds. The van der Waals surface area contributed by atoms with Crippen LogP contribution in [0, 0.1) is 0 Å².